The molecule has 0 spiro atoms. The fraction of sp³-hybridized carbons (Fsp3) is 0.500. The van der Waals surface area contributed by atoms with Crippen molar-refractivity contribution >= 4 is 30.7 Å². The Kier molecular flexibility index (Phi) is 8.81. The van der Waals surface area contributed by atoms with Gasteiger partial charge in [0.2, 0.25) is 5.91 Å². The minimum atomic E-state index is 0. The minimum absolute atomic E-state index is 0. The third-order valence-electron chi connectivity index (χ3n) is 3.50. The first kappa shape index (κ1) is 18.2. The summed E-state index contributed by atoms with van der Waals surface area (Å²) in [6.07, 6.45) is 2.63. The fourth-order valence-corrected chi connectivity index (χ4v) is 2.30. The molecule has 3 nitrogen and oxygen atoms in total. The van der Waals surface area contributed by atoms with Crippen LogP contribution in [0.5, 0.6) is 0 Å². The van der Waals surface area contributed by atoms with Gasteiger partial charge in [-0.15, -0.1) is 24.8 Å². The van der Waals surface area contributed by atoms with Crippen LogP contribution >= 0.6 is 24.8 Å². The number of nitrogens with two attached hydrogens (primary N) is 1. The molecule has 1 heterocycles. The van der Waals surface area contributed by atoms with Gasteiger partial charge in [0.15, 0.2) is 0 Å². The third kappa shape index (κ3) is 5.39. The van der Waals surface area contributed by atoms with Crippen molar-refractivity contribution < 1.29 is 4.79 Å². The van der Waals surface area contributed by atoms with Gasteiger partial charge in [-0.05, 0) is 30.9 Å². The van der Waals surface area contributed by atoms with Crippen LogP contribution in [-0.2, 0) is 11.2 Å². The summed E-state index contributed by atoms with van der Waals surface area (Å²) in [5, 5.41) is 0. The number of carbonyl (C=O) groups excluding carboxylic acids is 1. The predicted molar refractivity (Wildman–Crippen MR) is 83.0 cm³/mol. The second-order valence-electron chi connectivity index (χ2n) is 4.72. The zero-order valence-corrected chi connectivity index (χ0v) is 12.6. The van der Waals surface area contributed by atoms with E-state index in [4.69, 9.17) is 5.73 Å². The van der Waals surface area contributed by atoms with Crippen LogP contribution in [0.2, 0.25) is 0 Å². The second kappa shape index (κ2) is 9.18. The maximum absolute atomic E-state index is 12.1. The number of nitrogens with zero attached hydrogens (tertiary/aromatic N) is 1. The standard InChI is InChI=1S/C14H20N2O.2ClH/c15-11-13-6-8-16(9-7-13)14(17)10-12-4-2-1-3-5-12;;/h1-5,13H,6-11,15H2;2*1H. The van der Waals surface area contributed by atoms with E-state index in [-0.39, 0.29) is 30.7 Å². The van der Waals surface area contributed by atoms with Crippen LogP contribution in [0, 0.1) is 5.92 Å². The molecule has 1 aromatic carbocycles. The lowest BCUT2D eigenvalue weighted by molar-refractivity contribution is -0.131. The van der Waals surface area contributed by atoms with Crippen molar-refractivity contribution in [3.05, 3.63) is 35.9 Å². The van der Waals surface area contributed by atoms with Crippen molar-refractivity contribution in [2.45, 2.75) is 19.3 Å². The molecule has 1 fully saturated rings. The van der Waals surface area contributed by atoms with Crippen LogP contribution < -0.4 is 5.73 Å². The Bertz CT molecular complexity index is 365. The van der Waals surface area contributed by atoms with Crippen molar-refractivity contribution in [3.8, 4) is 0 Å². The minimum Gasteiger partial charge on any atom is -0.342 e. The Labute approximate surface area is 127 Å². The Morgan fingerprint density at radius 2 is 1.74 bits per heavy atom. The van der Waals surface area contributed by atoms with E-state index in [0.717, 1.165) is 38.0 Å². The highest BCUT2D eigenvalue weighted by atomic mass is 35.5. The maximum atomic E-state index is 12.1. The largest absolute Gasteiger partial charge is 0.342 e. The molecule has 1 saturated heterocycles. The van der Waals surface area contributed by atoms with Crippen molar-refractivity contribution in [2.75, 3.05) is 19.6 Å². The fourth-order valence-electron chi connectivity index (χ4n) is 2.30. The first-order valence-corrected chi connectivity index (χ1v) is 6.31. The Morgan fingerprint density at radius 3 is 2.26 bits per heavy atom. The number of amides is 1. The van der Waals surface area contributed by atoms with Crippen molar-refractivity contribution in [3.63, 3.8) is 0 Å². The topological polar surface area (TPSA) is 46.3 Å². The highest BCUT2D eigenvalue weighted by Gasteiger charge is 2.21. The number of hydrogen-bond acceptors (Lipinski definition) is 2. The van der Waals surface area contributed by atoms with Crippen LogP contribution in [0.25, 0.3) is 0 Å². The third-order valence-corrected chi connectivity index (χ3v) is 3.50. The molecule has 0 saturated carbocycles. The lowest BCUT2D eigenvalue weighted by Gasteiger charge is -2.31. The number of piperidine rings is 1. The summed E-state index contributed by atoms with van der Waals surface area (Å²) in [4.78, 5) is 14.0. The predicted octanol–water partition coefficient (Wildman–Crippen LogP) is 2.27. The molecule has 0 unspecified atom stereocenters. The molecule has 0 atom stereocenters. The number of hydrogen-bond donors (Lipinski definition) is 1. The van der Waals surface area contributed by atoms with Gasteiger partial charge in [0.25, 0.3) is 0 Å². The van der Waals surface area contributed by atoms with E-state index < -0.39 is 0 Å². The molecule has 19 heavy (non-hydrogen) atoms. The summed E-state index contributed by atoms with van der Waals surface area (Å²) in [5.74, 6) is 0.849. The van der Waals surface area contributed by atoms with E-state index in [1.165, 1.54) is 0 Å². The van der Waals surface area contributed by atoms with E-state index >= 15 is 0 Å². The van der Waals surface area contributed by atoms with Gasteiger partial charge in [0.1, 0.15) is 0 Å². The van der Waals surface area contributed by atoms with Crippen LogP contribution in [0.15, 0.2) is 30.3 Å². The van der Waals surface area contributed by atoms with Crippen molar-refractivity contribution in [1.29, 1.82) is 0 Å². The van der Waals surface area contributed by atoms with E-state index in [1.807, 2.05) is 35.2 Å². The normalized spacial score (nSPS) is 15.3. The van der Waals surface area contributed by atoms with Gasteiger partial charge < -0.3 is 10.6 Å². The summed E-state index contributed by atoms with van der Waals surface area (Å²) in [6.45, 7) is 2.49. The molecule has 5 heteroatoms. The van der Waals surface area contributed by atoms with Gasteiger partial charge in [0.05, 0.1) is 6.42 Å². The van der Waals surface area contributed by atoms with Crippen LogP contribution in [0.4, 0.5) is 0 Å². The summed E-state index contributed by atoms with van der Waals surface area (Å²) in [6, 6.07) is 9.93. The van der Waals surface area contributed by atoms with E-state index in [1.54, 1.807) is 0 Å². The molecular formula is C14H22Cl2N2O. The summed E-state index contributed by atoms with van der Waals surface area (Å²) < 4.78 is 0. The molecule has 0 radical (unpaired) electrons. The quantitative estimate of drug-likeness (QED) is 0.931. The first-order chi connectivity index (χ1) is 8.29. The molecule has 2 rings (SSSR count). The Hall–Kier alpha value is -0.770. The lowest BCUT2D eigenvalue weighted by Crippen LogP contribution is -2.40. The van der Waals surface area contributed by atoms with E-state index in [2.05, 4.69) is 0 Å². The molecule has 0 aromatic heterocycles. The van der Waals surface area contributed by atoms with Crippen molar-refractivity contribution in [1.82, 2.24) is 4.90 Å². The average Bonchev–Trinajstić information content (AvgIpc) is 2.40. The van der Waals surface area contributed by atoms with Gasteiger partial charge in [-0.1, -0.05) is 30.3 Å². The summed E-state index contributed by atoms with van der Waals surface area (Å²) >= 11 is 0. The van der Waals surface area contributed by atoms with Gasteiger partial charge >= 0.3 is 0 Å². The summed E-state index contributed by atoms with van der Waals surface area (Å²) in [7, 11) is 0. The van der Waals surface area contributed by atoms with E-state index in [0.29, 0.717) is 12.3 Å². The summed E-state index contributed by atoms with van der Waals surface area (Å²) in [5.41, 5.74) is 6.74. The number of halogens is 2. The maximum Gasteiger partial charge on any atom is 0.226 e. The van der Waals surface area contributed by atoms with Gasteiger partial charge in [0, 0.05) is 13.1 Å². The van der Waals surface area contributed by atoms with Crippen LogP contribution in [0.3, 0.4) is 0 Å². The highest BCUT2D eigenvalue weighted by Crippen LogP contribution is 2.16. The molecule has 2 N–H and O–H groups in total. The molecule has 0 bridgehead atoms. The number of carbonyl (C=O) groups is 1. The average molecular weight is 305 g/mol. The lowest BCUT2D eigenvalue weighted by atomic mass is 9.96. The van der Waals surface area contributed by atoms with Gasteiger partial charge in [-0.2, -0.15) is 0 Å². The van der Waals surface area contributed by atoms with Gasteiger partial charge in [-0.3, -0.25) is 4.79 Å². The molecule has 1 aliphatic rings. The van der Waals surface area contributed by atoms with Crippen LogP contribution in [0.1, 0.15) is 18.4 Å². The molecule has 1 aliphatic heterocycles. The van der Waals surface area contributed by atoms with Gasteiger partial charge in [-0.25, -0.2) is 0 Å². The molecule has 1 amide bonds. The molecule has 1 aromatic rings. The smallest absolute Gasteiger partial charge is 0.226 e. The number of benzene rings is 1. The molecular weight excluding hydrogens is 283 g/mol. The number of likely N-dealkylation sites (tertiary alicyclic amines) is 1. The zero-order valence-electron chi connectivity index (χ0n) is 11.0. The van der Waals surface area contributed by atoms with E-state index in [9.17, 15) is 4.79 Å². The Morgan fingerprint density at radius 1 is 1.16 bits per heavy atom. The van der Waals surface area contributed by atoms with Crippen LogP contribution in [-0.4, -0.2) is 30.4 Å². The van der Waals surface area contributed by atoms with Crippen molar-refractivity contribution in [2.24, 2.45) is 11.7 Å². The second-order valence-corrected chi connectivity index (χ2v) is 4.72. The number of rotatable bonds is 3. The zero-order chi connectivity index (χ0) is 12.1. The highest BCUT2D eigenvalue weighted by molar-refractivity contribution is 5.85. The molecule has 0 aliphatic carbocycles. The first-order valence-electron chi connectivity index (χ1n) is 6.31. The monoisotopic (exact) mass is 304 g/mol. The SMILES string of the molecule is Cl.Cl.NCC1CCN(C(=O)Cc2ccccc2)CC1. The Balaban J connectivity index is 0.00000162. The molecule has 108 valence electrons.